The SMILES string of the molecule is Cl.O=C(NC1CCN(C(=O)Nc2ccccc2)CC1)C1CCNC1. The van der Waals surface area contributed by atoms with Crippen LogP contribution in [0.25, 0.3) is 0 Å². The third-order valence-electron chi connectivity index (χ3n) is 4.58. The molecule has 2 fully saturated rings. The molecule has 0 radical (unpaired) electrons. The predicted molar refractivity (Wildman–Crippen MR) is 96.4 cm³/mol. The molecule has 3 amide bonds. The number of piperidine rings is 1. The highest BCUT2D eigenvalue weighted by atomic mass is 35.5. The number of carbonyl (C=O) groups is 2. The first-order chi connectivity index (χ1) is 11.2. The van der Waals surface area contributed by atoms with Crippen LogP contribution in [0.15, 0.2) is 30.3 Å². The van der Waals surface area contributed by atoms with Gasteiger partial charge in [-0.25, -0.2) is 4.79 Å². The van der Waals surface area contributed by atoms with Crippen LogP contribution >= 0.6 is 12.4 Å². The zero-order valence-corrected chi connectivity index (χ0v) is 14.5. The first kappa shape index (κ1) is 18.5. The second kappa shape index (κ2) is 8.89. The summed E-state index contributed by atoms with van der Waals surface area (Å²) < 4.78 is 0. The van der Waals surface area contributed by atoms with E-state index in [0.29, 0.717) is 13.1 Å². The molecular formula is C17H25ClN4O2. The molecule has 0 aromatic heterocycles. The second-order valence-corrected chi connectivity index (χ2v) is 6.26. The maximum atomic E-state index is 12.2. The highest BCUT2D eigenvalue weighted by Crippen LogP contribution is 2.15. The maximum Gasteiger partial charge on any atom is 0.321 e. The normalized spacial score (nSPS) is 21.0. The molecule has 1 aromatic rings. The highest BCUT2D eigenvalue weighted by Gasteiger charge is 2.27. The predicted octanol–water partition coefficient (Wildman–Crippen LogP) is 1.83. The van der Waals surface area contributed by atoms with Crippen molar-refractivity contribution in [3.8, 4) is 0 Å². The van der Waals surface area contributed by atoms with E-state index < -0.39 is 0 Å². The number of benzene rings is 1. The van der Waals surface area contributed by atoms with Gasteiger partial charge in [0.2, 0.25) is 5.91 Å². The molecule has 3 rings (SSSR count). The Morgan fingerprint density at radius 2 is 1.79 bits per heavy atom. The summed E-state index contributed by atoms with van der Waals surface area (Å²) in [5, 5.41) is 9.25. The lowest BCUT2D eigenvalue weighted by Crippen LogP contribution is -2.49. The Balaban J connectivity index is 0.00000208. The second-order valence-electron chi connectivity index (χ2n) is 6.26. The van der Waals surface area contributed by atoms with Gasteiger partial charge in [-0.3, -0.25) is 4.79 Å². The number of nitrogens with one attached hydrogen (secondary N) is 3. The first-order valence-corrected chi connectivity index (χ1v) is 8.34. The zero-order valence-electron chi connectivity index (χ0n) is 13.7. The van der Waals surface area contributed by atoms with Crippen LogP contribution in [-0.2, 0) is 4.79 Å². The maximum absolute atomic E-state index is 12.2. The fourth-order valence-corrected chi connectivity index (χ4v) is 3.15. The Kier molecular flexibility index (Phi) is 6.87. The molecule has 6 nitrogen and oxygen atoms in total. The van der Waals surface area contributed by atoms with Gasteiger partial charge in [-0.15, -0.1) is 12.4 Å². The largest absolute Gasteiger partial charge is 0.353 e. The summed E-state index contributed by atoms with van der Waals surface area (Å²) in [6.07, 6.45) is 2.55. The minimum atomic E-state index is -0.0685. The summed E-state index contributed by atoms with van der Waals surface area (Å²) in [6, 6.07) is 9.58. The number of urea groups is 1. The van der Waals surface area contributed by atoms with Crippen molar-refractivity contribution in [3.63, 3.8) is 0 Å². The van der Waals surface area contributed by atoms with Gasteiger partial charge in [-0.1, -0.05) is 18.2 Å². The number of hydrogen-bond donors (Lipinski definition) is 3. The standard InChI is InChI=1S/C17H24N4O2.ClH/c22-16(13-6-9-18-12-13)19-15-7-10-21(11-8-15)17(23)20-14-4-2-1-3-5-14;/h1-5,13,15,18H,6-12H2,(H,19,22)(H,20,23);1H. The van der Waals surface area contributed by atoms with Crippen molar-refractivity contribution in [1.82, 2.24) is 15.5 Å². The zero-order chi connectivity index (χ0) is 16.1. The van der Waals surface area contributed by atoms with Crippen molar-refractivity contribution in [1.29, 1.82) is 0 Å². The molecule has 2 aliphatic rings. The molecule has 0 aliphatic carbocycles. The average Bonchev–Trinajstić information content (AvgIpc) is 3.11. The molecule has 1 atom stereocenters. The van der Waals surface area contributed by atoms with Crippen molar-refractivity contribution in [2.75, 3.05) is 31.5 Å². The minimum absolute atomic E-state index is 0. The molecule has 3 N–H and O–H groups in total. The Labute approximate surface area is 148 Å². The van der Waals surface area contributed by atoms with Crippen LogP contribution < -0.4 is 16.0 Å². The van der Waals surface area contributed by atoms with Crippen LogP contribution in [0.5, 0.6) is 0 Å². The quantitative estimate of drug-likeness (QED) is 0.777. The summed E-state index contributed by atoms with van der Waals surface area (Å²) in [5.41, 5.74) is 0.807. The van der Waals surface area contributed by atoms with Gasteiger partial charge in [-0.05, 0) is 37.9 Å². The van der Waals surface area contributed by atoms with Crippen LogP contribution in [0, 0.1) is 5.92 Å². The highest BCUT2D eigenvalue weighted by molar-refractivity contribution is 5.89. The smallest absolute Gasteiger partial charge is 0.321 e. The molecule has 132 valence electrons. The molecule has 24 heavy (non-hydrogen) atoms. The van der Waals surface area contributed by atoms with E-state index in [0.717, 1.165) is 38.0 Å². The monoisotopic (exact) mass is 352 g/mol. The molecule has 2 aliphatic heterocycles. The summed E-state index contributed by atoms with van der Waals surface area (Å²) in [7, 11) is 0. The van der Waals surface area contributed by atoms with E-state index in [-0.39, 0.29) is 36.3 Å². The van der Waals surface area contributed by atoms with Gasteiger partial charge in [0.05, 0.1) is 5.92 Å². The van der Waals surface area contributed by atoms with Crippen molar-refractivity contribution >= 4 is 30.0 Å². The number of rotatable bonds is 3. The van der Waals surface area contributed by atoms with Crippen molar-refractivity contribution < 1.29 is 9.59 Å². The third kappa shape index (κ3) is 4.85. The van der Waals surface area contributed by atoms with Gasteiger partial charge < -0.3 is 20.9 Å². The number of anilines is 1. The van der Waals surface area contributed by atoms with E-state index in [1.165, 1.54) is 0 Å². The van der Waals surface area contributed by atoms with Gasteiger partial charge in [0, 0.05) is 31.4 Å². The van der Waals surface area contributed by atoms with Crippen LogP contribution in [0.1, 0.15) is 19.3 Å². The van der Waals surface area contributed by atoms with E-state index >= 15 is 0 Å². The number of hydrogen-bond acceptors (Lipinski definition) is 3. The minimum Gasteiger partial charge on any atom is -0.353 e. The average molecular weight is 353 g/mol. The van der Waals surface area contributed by atoms with Gasteiger partial charge >= 0.3 is 6.03 Å². The first-order valence-electron chi connectivity index (χ1n) is 8.34. The fourth-order valence-electron chi connectivity index (χ4n) is 3.15. The summed E-state index contributed by atoms with van der Waals surface area (Å²) >= 11 is 0. The Hall–Kier alpha value is -1.79. The summed E-state index contributed by atoms with van der Waals surface area (Å²) in [4.78, 5) is 26.2. The molecule has 2 heterocycles. The van der Waals surface area contributed by atoms with Gasteiger partial charge in [0.1, 0.15) is 0 Å². The van der Waals surface area contributed by atoms with Gasteiger partial charge in [0.15, 0.2) is 0 Å². The van der Waals surface area contributed by atoms with Crippen molar-refractivity contribution in [2.45, 2.75) is 25.3 Å². The van der Waals surface area contributed by atoms with Gasteiger partial charge in [0.25, 0.3) is 0 Å². The number of carbonyl (C=O) groups excluding carboxylic acids is 2. The molecule has 1 aromatic carbocycles. The molecule has 1 unspecified atom stereocenters. The molecule has 7 heteroatoms. The molecule has 0 bridgehead atoms. The fraction of sp³-hybridized carbons (Fsp3) is 0.529. The molecule has 2 saturated heterocycles. The van der Waals surface area contributed by atoms with Crippen molar-refractivity contribution in [3.05, 3.63) is 30.3 Å². The number of likely N-dealkylation sites (tertiary alicyclic amines) is 1. The Morgan fingerprint density at radius 1 is 1.08 bits per heavy atom. The van der Waals surface area contributed by atoms with Crippen LogP contribution in [0.4, 0.5) is 10.5 Å². The van der Waals surface area contributed by atoms with E-state index in [1.807, 2.05) is 35.2 Å². The molecule has 0 saturated carbocycles. The van der Waals surface area contributed by atoms with Crippen LogP contribution in [0.2, 0.25) is 0 Å². The van der Waals surface area contributed by atoms with Gasteiger partial charge in [-0.2, -0.15) is 0 Å². The lowest BCUT2D eigenvalue weighted by atomic mass is 10.0. The molecular weight excluding hydrogens is 328 g/mol. The lowest BCUT2D eigenvalue weighted by Gasteiger charge is -2.32. The number of halogens is 1. The third-order valence-corrected chi connectivity index (χ3v) is 4.58. The number of nitrogens with zero attached hydrogens (tertiary/aromatic N) is 1. The topological polar surface area (TPSA) is 73.5 Å². The Bertz CT molecular complexity index is 541. The summed E-state index contributed by atoms with van der Waals surface area (Å²) in [5.74, 6) is 0.261. The van der Waals surface area contributed by atoms with E-state index in [4.69, 9.17) is 0 Å². The Morgan fingerprint density at radius 3 is 2.42 bits per heavy atom. The van der Waals surface area contributed by atoms with Crippen LogP contribution in [0.3, 0.4) is 0 Å². The van der Waals surface area contributed by atoms with Crippen molar-refractivity contribution in [2.24, 2.45) is 5.92 Å². The molecule has 0 spiro atoms. The van der Waals surface area contributed by atoms with Crippen LogP contribution in [-0.4, -0.2) is 49.1 Å². The van der Waals surface area contributed by atoms with E-state index in [2.05, 4.69) is 16.0 Å². The summed E-state index contributed by atoms with van der Waals surface area (Å²) in [6.45, 7) is 3.05. The van der Waals surface area contributed by atoms with E-state index in [9.17, 15) is 9.59 Å². The lowest BCUT2D eigenvalue weighted by molar-refractivity contribution is -0.125. The number of para-hydroxylation sites is 1. The number of amides is 3. The van der Waals surface area contributed by atoms with E-state index in [1.54, 1.807) is 0 Å².